The van der Waals surface area contributed by atoms with Crippen LogP contribution in [0.1, 0.15) is 19.8 Å². The maximum absolute atomic E-state index is 12.5. The first kappa shape index (κ1) is 15.4. The number of hydrogen-bond acceptors (Lipinski definition) is 5. The molecule has 1 aliphatic rings. The molecule has 2 rings (SSSR count). The van der Waals surface area contributed by atoms with Crippen LogP contribution in [-0.4, -0.2) is 52.8 Å². The van der Waals surface area contributed by atoms with E-state index in [1.54, 1.807) is 0 Å². The number of carbonyl (C=O) groups excluding carboxylic acids is 1. The van der Waals surface area contributed by atoms with Gasteiger partial charge in [-0.25, -0.2) is 13.1 Å². The third kappa shape index (κ3) is 3.01. The molecule has 1 aromatic rings. The molecule has 1 aromatic heterocycles. The molecule has 0 bridgehead atoms. The summed E-state index contributed by atoms with van der Waals surface area (Å²) in [6.07, 6.45) is 1.20. The first-order chi connectivity index (χ1) is 9.32. The second-order valence-corrected chi connectivity index (χ2v) is 7.29. The fourth-order valence-electron chi connectivity index (χ4n) is 2.25. The Kier molecular flexibility index (Phi) is 4.45. The lowest BCUT2D eigenvalue weighted by Gasteiger charge is -2.31. The van der Waals surface area contributed by atoms with Crippen molar-refractivity contribution in [2.75, 3.05) is 13.1 Å². The van der Waals surface area contributed by atoms with Gasteiger partial charge < -0.3 is 5.32 Å². The number of aromatic nitrogens is 3. The lowest BCUT2D eigenvalue weighted by Crippen LogP contribution is -2.46. The van der Waals surface area contributed by atoms with Gasteiger partial charge >= 0.3 is 0 Å². The molecule has 1 amide bonds. The predicted octanol–water partition coefficient (Wildman–Crippen LogP) is -0.133. The van der Waals surface area contributed by atoms with E-state index in [1.807, 2.05) is 0 Å². The zero-order chi connectivity index (χ0) is 14.9. The van der Waals surface area contributed by atoms with Crippen molar-refractivity contribution in [2.24, 2.45) is 7.05 Å². The van der Waals surface area contributed by atoms with Crippen LogP contribution in [0.4, 0.5) is 0 Å². The van der Waals surface area contributed by atoms with Gasteiger partial charge in [0.05, 0.1) is 0 Å². The van der Waals surface area contributed by atoms with Gasteiger partial charge in [0, 0.05) is 33.1 Å². The summed E-state index contributed by atoms with van der Waals surface area (Å²) in [5.74, 6) is -0.0927. The topological polar surface area (TPSA) is 97.2 Å². The van der Waals surface area contributed by atoms with Gasteiger partial charge in [-0.2, -0.15) is 4.31 Å². The van der Waals surface area contributed by atoms with Gasteiger partial charge in [-0.05, 0) is 28.8 Å². The van der Waals surface area contributed by atoms with Gasteiger partial charge in [-0.3, -0.25) is 4.79 Å². The number of aryl methyl sites for hydroxylation is 1. The number of carbonyl (C=O) groups is 1. The Morgan fingerprint density at radius 2 is 2.00 bits per heavy atom. The molecule has 2 heterocycles. The molecule has 0 saturated carbocycles. The highest BCUT2D eigenvalue weighted by Crippen LogP contribution is 2.24. The van der Waals surface area contributed by atoms with E-state index in [2.05, 4.69) is 31.6 Å². The van der Waals surface area contributed by atoms with Crippen molar-refractivity contribution < 1.29 is 13.2 Å². The van der Waals surface area contributed by atoms with Crippen molar-refractivity contribution in [3.8, 4) is 0 Å². The molecule has 0 aliphatic carbocycles. The number of amides is 1. The third-order valence-electron chi connectivity index (χ3n) is 3.18. The Morgan fingerprint density at radius 1 is 1.40 bits per heavy atom. The Labute approximate surface area is 125 Å². The maximum atomic E-state index is 12.5. The molecule has 0 aromatic carbocycles. The number of nitrogens with zero attached hydrogens (tertiary/aromatic N) is 4. The minimum atomic E-state index is -3.62. The predicted molar refractivity (Wildman–Crippen MR) is 74.3 cm³/mol. The number of piperidine rings is 1. The quantitative estimate of drug-likeness (QED) is 0.804. The fraction of sp³-hybridized carbons (Fsp3) is 0.700. The van der Waals surface area contributed by atoms with Crippen molar-refractivity contribution in [1.29, 1.82) is 0 Å². The van der Waals surface area contributed by atoms with Crippen LogP contribution in [0.25, 0.3) is 0 Å². The van der Waals surface area contributed by atoms with Crippen LogP contribution in [-0.2, 0) is 21.9 Å². The van der Waals surface area contributed by atoms with Crippen LogP contribution in [0, 0.1) is 0 Å². The largest absolute Gasteiger partial charge is 0.354 e. The van der Waals surface area contributed by atoms with Crippen LogP contribution < -0.4 is 5.32 Å². The average Bonchev–Trinajstić information content (AvgIpc) is 2.69. The molecule has 1 saturated heterocycles. The molecule has 0 spiro atoms. The van der Waals surface area contributed by atoms with E-state index in [4.69, 9.17) is 0 Å². The molecule has 8 nitrogen and oxygen atoms in total. The number of hydrogen-bond donors (Lipinski definition) is 1. The molecule has 0 atom stereocenters. The van der Waals surface area contributed by atoms with Crippen LogP contribution in [0.5, 0.6) is 0 Å². The van der Waals surface area contributed by atoms with E-state index < -0.39 is 10.0 Å². The molecular formula is C10H16BrN5O3S. The summed E-state index contributed by atoms with van der Waals surface area (Å²) >= 11 is 3.11. The summed E-state index contributed by atoms with van der Waals surface area (Å²) in [5.41, 5.74) is 0. The van der Waals surface area contributed by atoms with Crippen LogP contribution >= 0.6 is 15.9 Å². The Morgan fingerprint density at radius 3 is 2.45 bits per heavy atom. The third-order valence-corrected chi connectivity index (χ3v) is 5.97. The molecule has 10 heteroatoms. The molecule has 1 N–H and O–H groups in total. The maximum Gasteiger partial charge on any atom is 0.263 e. The lowest BCUT2D eigenvalue weighted by molar-refractivity contribution is -0.119. The lowest BCUT2D eigenvalue weighted by atomic mass is 10.1. The monoisotopic (exact) mass is 365 g/mol. The van der Waals surface area contributed by atoms with Crippen LogP contribution in [0.15, 0.2) is 9.63 Å². The van der Waals surface area contributed by atoms with Gasteiger partial charge in [0.2, 0.25) is 10.9 Å². The Balaban J connectivity index is 2.12. The number of rotatable bonds is 3. The minimum Gasteiger partial charge on any atom is -0.354 e. The van der Waals surface area contributed by atoms with Crippen molar-refractivity contribution >= 4 is 31.9 Å². The highest BCUT2D eigenvalue weighted by Gasteiger charge is 2.33. The van der Waals surface area contributed by atoms with Crippen molar-refractivity contribution in [1.82, 2.24) is 24.6 Å². The van der Waals surface area contributed by atoms with Crippen LogP contribution in [0.2, 0.25) is 0 Å². The van der Waals surface area contributed by atoms with E-state index in [1.165, 1.54) is 23.0 Å². The Bertz CT molecular complexity index is 587. The first-order valence-electron chi connectivity index (χ1n) is 6.15. The second kappa shape index (κ2) is 5.78. The molecule has 1 aliphatic heterocycles. The fourth-order valence-corrected chi connectivity index (χ4v) is 4.75. The molecule has 112 valence electrons. The summed E-state index contributed by atoms with van der Waals surface area (Å²) in [7, 11) is -2.08. The molecule has 0 radical (unpaired) electrons. The molecule has 1 fully saturated rings. The standard InChI is InChI=1S/C10H16BrN5O3S/c1-7(17)12-8-3-5-16(6-4-8)20(18,19)10-9(11)13-14-15(10)2/h8H,3-6H2,1-2H3,(H,12,17). The number of nitrogens with one attached hydrogen (secondary N) is 1. The second-order valence-electron chi connectivity index (χ2n) is 4.69. The van der Waals surface area contributed by atoms with Crippen LogP contribution in [0.3, 0.4) is 0 Å². The van der Waals surface area contributed by atoms with Gasteiger partial charge in [0.1, 0.15) is 0 Å². The normalized spacial score (nSPS) is 18.1. The van der Waals surface area contributed by atoms with Gasteiger partial charge in [0.15, 0.2) is 4.60 Å². The summed E-state index contributed by atoms with van der Waals surface area (Å²) < 4.78 is 27.9. The number of sulfonamides is 1. The van der Waals surface area contributed by atoms with E-state index in [9.17, 15) is 13.2 Å². The number of halogens is 1. The van der Waals surface area contributed by atoms with E-state index >= 15 is 0 Å². The van der Waals surface area contributed by atoms with Crippen molar-refractivity contribution in [2.45, 2.75) is 30.8 Å². The molecular weight excluding hydrogens is 350 g/mol. The smallest absolute Gasteiger partial charge is 0.263 e. The first-order valence-corrected chi connectivity index (χ1v) is 8.38. The Hall–Kier alpha value is -1.00. The van der Waals surface area contributed by atoms with E-state index in [0.717, 1.165) is 0 Å². The summed E-state index contributed by atoms with van der Waals surface area (Å²) in [4.78, 5) is 11.0. The highest BCUT2D eigenvalue weighted by atomic mass is 79.9. The summed E-state index contributed by atoms with van der Waals surface area (Å²) in [5, 5.41) is 10.2. The zero-order valence-corrected chi connectivity index (χ0v) is 13.6. The summed E-state index contributed by atoms with van der Waals surface area (Å²) in [6, 6.07) is 0.0343. The van der Waals surface area contributed by atoms with E-state index in [-0.39, 0.29) is 21.6 Å². The average molecular weight is 366 g/mol. The SMILES string of the molecule is CC(=O)NC1CCN(S(=O)(=O)c2c(Br)nnn2C)CC1. The summed E-state index contributed by atoms with van der Waals surface area (Å²) in [6.45, 7) is 2.19. The van der Waals surface area contributed by atoms with E-state index in [0.29, 0.717) is 25.9 Å². The minimum absolute atomic E-state index is 0.0343. The zero-order valence-electron chi connectivity index (χ0n) is 11.2. The van der Waals surface area contributed by atoms with Gasteiger partial charge in [-0.15, -0.1) is 5.10 Å². The molecule has 20 heavy (non-hydrogen) atoms. The molecule has 0 unspecified atom stereocenters. The van der Waals surface area contributed by atoms with Crippen molar-refractivity contribution in [3.05, 3.63) is 4.60 Å². The highest BCUT2D eigenvalue weighted by molar-refractivity contribution is 9.10. The van der Waals surface area contributed by atoms with Gasteiger partial charge in [0.25, 0.3) is 10.0 Å². The van der Waals surface area contributed by atoms with Gasteiger partial charge in [-0.1, -0.05) is 5.21 Å². The van der Waals surface area contributed by atoms with Crippen molar-refractivity contribution in [3.63, 3.8) is 0 Å².